The van der Waals surface area contributed by atoms with Crippen molar-refractivity contribution < 1.29 is 53.6 Å². The average molecular weight is 545 g/mol. The molecule has 2 fully saturated rings. The summed E-state index contributed by atoms with van der Waals surface area (Å²) in [5.41, 5.74) is 2.30. The molecule has 0 spiro atoms. The standard InChI is InChI=1S/C26H28N2O11/c1-9-10-5-4-6-11(29)15(10)20(33)16-14(9)22(39-13(32)8-7-12(30)31)18-19(28(2)3)21(34)17(25(27)37)24(36)26(18,38)23(16)35/h4-6,9,14,16-19,22,29,38H,7-8H2,1-3H3,(H2,27,37)(H,30,31). The van der Waals surface area contributed by atoms with E-state index in [2.05, 4.69) is 0 Å². The van der Waals surface area contributed by atoms with Crippen LogP contribution < -0.4 is 5.73 Å². The van der Waals surface area contributed by atoms with Crippen LogP contribution in [0.2, 0.25) is 0 Å². The first kappa shape index (κ1) is 28.0. The lowest BCUT2D eigenvalue weighted by Crippen LogP contribution is -2.78. The highest BCUT2D eigenvalue weighted by Crippen LogP contribution is 2.55. The second-order valence-electron chi connectivity index (χ2n) is 10.5. The maximum absolute atomic E-state index is 14.0. The summed E-state index contributed by atoms with van der Waals surface area (Å²) < 4.78 is 5.65. The molecule has 39 heavy (non-hydrogen) atoms. The zero-order valence-corrected chi connectivity index (χ0v) is 21.3. The van der Waals surface area contributed by atoms with Gasteiger partial charge in [-0.05, 0) is 31.6 Å². The van der Waals surface area contributed by atoms with Gasteiger partial charge in [-0.2, -0.15) is 0 Å². The number of ketones is 4. The van der Waals surface area contributed by atoms with E-state index in [9.17, 15) is 43.8 Å². The number of carboxylic acid groups (broad SMARTS) is 1. The molecule has 4 rings (SSSR count). The van der Waals surface area contributed by atoms with Crippen LogP contribution in [0.15, 0.2) is 18.2 Å². The van der Waals surface area contributed by atoms with Gasteiger partial charge in [0.1, 0.15) is 11.9 Å². The van der Waals surface area contributed by atoms with Crippen LogP contribution in [0.3, 0.4) is 0 Å². The Kier molecular flexibility index (Phi) is 6.94. The fraction of sp³-hybridized carbons (Fsp3) is 0.500. The minimum Gasteiger partial charge on any atom is -0.507 e. The predicted octanol–water partition coefficient (Wildman–Crippen LogP) is -1.19. The number of hydrogen-bond acceptors (Lipinski definition) is 11. The average Bonchev–Trinajstić information content (AvgIpc) is 2.84. The highest BCUT2D eigenvalue weighted by Gasteiger charge is 2.74. The molecule has 0 saturated heterocycles. The molecule has 0 bridgehead atoms. The minimum absolute atomic E-state index is 0.201. The van der Waals surface area contributed by atoms with Gasteiger partial charge in [0.25, 0.3) is 0 Å². The number of phenolic OH excluding ortho intramolecular Hbond substituents is 1. The molecule has 5 N–H and O–H groups in total. The van der Waals surface area contributed by atoms with E-state index in [1.54, 1.807) is 6.92 Å². The number of benzene rings is 1. The number of hydrogen-bond donors (Lipinski definition) is 4. The summed E-state index contributed by atoms with van der Waals surface area (Å²) in [4.78, 5) is 92.0. The van der Waals surface area contributed by atoms with Crippen LogP contribution in [-0.2, 0) is 33.5 Å². The number of nitrogens with two attached hydrogens (primary N) is 1. The van der Waals surface area contributed by atoms with E-state index in [-0.39, 0.29) is 5.56 Å². The number of primary amides is 1. The summed E-state index contributed by atoms with van der Waals surface area (Å²) >= 11 is 0. The summed E-state index contributed by atoms with van der Waals surface area (Å²) in [5.74, 6) is -16.7. The van der Waals surface area contributed by atoms with Crippen molar-refractivity contribution in [2.75, 3.05) is 14.1 Å². The Bertz CT molecular complexity index is 1320. The summed E-state index contributed by atoms with van der Waals surface area (Å²) in [6, 6.07) is 2.71. The van der Waals surface area contributed by atoms with Gasteiger partial charge in [-0.3, -0.25) is 38.5 Å². The van der Waals surface area contributed by atoms with Crippen LogP contribution in [0.4, 0.5) is 0 Å². The maximum atomic E-state index is 14.0. The lowest BCUT2D eigenvalue weighted by atomic mass is 9.49. The number of nitrogens with zero attached hydrogens (tertiary/aromatic N) is 1. The number of phenols is 1. The molecule has 8 unspecified atom stereocenters. The van der Waals surface area contributed by atoms with E-state index < -0.39 is 107 Å². The first-order valence-electron chi connectivity index (χ1n) is 12.2. The zero-order valence-electron chi connectivity index (χ0n) is 21.3. The van der Waals surface area contributed by atoms with E-state index in [0.29, 0.717) is 5.56 Å². The van der Waals surface area contributed by atoms with Crippen molar-refractivity contribution in [3.8, 4) is 5.75 Å². The van der Waals surface area contributed by atoms with Crippen LogP contribution in [0.5, 0.6) is 5.75 Å². The molecule has 3 aliphatic rings. The Morgan fingerprint density at radius 3 is 2.28 bits per heavy atom. The Hall–Kier alpha value is -3.97. The van der Waals surface area contributed by atoms with Crippen LogP contribution in [0.25, 0.3) is 0 Å². The van der Waals surface area contributed by atoms with E-state index in [1.807, 2.05) is 0 Å². The third-order valence-corrected chi connectivity index (χ3v) is 8.14. The molecule has 208 valence electrons. The van der Waals surface area contributed by atoms with Crippen LogP contribution in [-0.4, -0.2) is 93.0 Å². The second kappa shape index (κ2) is 9.65. The molecule has 1 amide bonds. The summed E-state index contributed by atoms with van der Waals surface area (Å²) in [5, 5.41) is 31.3. The molecular formula is C26H28N2O11. The molecule has 1 aromatic carbocycles. The molecule has 2 saturated carbocycles. The molecule has 0 aromatic heterocycles. The Labute approximate surface area is 221 Å². The van der Waals surface area contributed by atoms with Gasteiger partial charge in [0, 0.05) is 5.92 Å². The van der Waals surface area contributed by atoms with Crippen molar-refractivity contribution >= 4 is 41.0 Å². The predicted molar refractivity (Wildman–Crippen MR) is 128 cm³/mol. The molecule has 0 aliphatic heterocycles. The van der Waals surface area contributed by atoms with Crippen molar-refractivity contribution in [2.45, 2.75) is 43.4 Å². The Morgan fingerprint density at radius 1 is 1.08 bits per heavy atom. The van der Waals surface area contributed by atoms with Crippen molar-refractivity contribution in [3.05, 3.63) is 29.3 Å². The zero-order chi connectivity index (χ0) is 29.1. The van der Waals surface area contributed by atoms with Gasteiger partial charge in [0.05, 0.1) is 36.3 Å². The number of fused-ring (bicyclic) bond motifs is 3. The van der Waals surface area contributed by atoms with Crippen LogP contribution in [0.1, 0.15) is 41.6 Å². The van der Waals surface area contributed by atoms with Gasteiger partial charge in [0.15, 0.2) is 34.7 Å². The number of aliphatic hydroxyl groups is 1. The number of Topliss-reactive ketones (excluding diaryl/α,β-unsaturated/α-hetero) is 4. The topological polar surface area (TPSA) is 219 Å². The molecule has 0 heterocycles. The number of rotatable bonds is 6. The van der Waals surface area contributed by atoms with E-state index in [0.717, 1.165) is 0 Å². The molecule has 3 aliphatic carbocycles. The van der Waals surface area contributed by atoms with Gasteiger partial charge in [-0.15, -0.1) is 0 Å². The summed E-state index contributed by atoms with van der Waals surface area (Å²) in [7, 11) is 2.78. The number of aliphatic carboxylic acids is 1. The second-order valence-corrected chi connectivity index (χ2v) is 10.5. The van der Waals surface area contributed by atoms with Gasteiger partial charge >= 0.3 is 11.9 Å². The number of carbonyl (C=O) groups excluding carboxylic acids is 6. The lowest BCUT2D eigenvalue weighted by Gasteiger charge is -2.56. The lowest BCUT2D eigenvalue weighted by molar-refractivity contribution is -0.205. The number of aromatic hydroxyl groups is 1. The fourth-order valence-electron chi connectivity index (χ4n) is 6.49. The summed E-state index contributed by atoms with van der Waals surface area (Å²) in [6.07, 6.45) is -2.85. The first-order valence-corrected chi connectivity index (χ1v) is 12.2. The molecule has 13 heteroatoms. The first-order chi connectivity index (χ1) is 18.2. The van der Waals surface area contributed by atoms with Crippen molar-refractivity contribution in [1.82, 2.24) is 4.90 Å². The molecular weight excluding hydrogens is 516 g/mol. The number of carboxylic acids is 1. The van der Waals surface area contributed by atoms with E-state index >= 15 is 0 Å². The van der Waals surface area contributed by atoms with Crippen molar-refractivity contribution in [3.63, 3.8) is 0 Å². The third kappa shape index (κ3) is 4.03. The smallest absolute Gasteiger partial charge is 0.306 e. The quantitative estimate of drug-likeness (QED) is 0.245. The maximum Gasteiger partial charge on any atom is 0.306 e. The number of esters is 1. The van der Waals surface area contributed by atoms with Gasteiger partial charge in [-0.1, -0.05) is 19.1 Å². The van der Waals surface area contributed by atoms with Gasteiger partial charge < -0.3 is 25.8 Å². The van der Waals surface area contributed by atoms with Gasteiger partial charge in [-0.25, -0.2) is 0 Å². The third-order valence-electron chi connectivity index (χ3n) is 8.14. The van der Waals surface area contributed by atoms with Crippen molar-refractivity contribution in [2.24, 2.45) is 29.4 Å². The largest absolute Gasteiger partial charge is 0.507 e. The van der Waals surface area contributed by atoms with E-state index in [1.165, 1.54) is 37.2 Å². The molecule has 0 radical (unpaired) electrons. The molecule has 1 aromatic rings. The molecule has 8 atom stereocenters. The monoisotopic (exact) mass is 544 g/mol. The van der Waals surface area contributed by atoms with Crippen LogP contribution in [0, 0.1) is 23.7 Å². The number of amides is 1. The number of ether oxygens (including phenoxy) is 1. The Morgan fingerprint density at radius 2 is 1.72 bits per heavy atom. The Balaban J connectivity index is 1.98. The van der Waals surface area contributed by atoms with Gasteiger partial charge in [0.2, 0.25) is 5.91 Å². The summed E-state index contributed by atoms with van der Waals surface area (Å²) in [6.45, 7) is 1.60. The normalized spacial score (nSPS) is 33.7. The van der Waals surface area contributed by atoms with Crippen LogP contribution >= 0.6 is 0 Å². The van der Waals surface area contributed by atoms with Crippen molar-refractivity contribution in [1.29, 1.82) is 0 Å². The SMILES string of the molecule is CC1c2cccc(O)c2C(=O)C2C(=O)C3(O)C(=O)C(C(N)=O)C(=O)C(N(C)C)C3C(OC(=O)CCC(=O)O)C21. The highest BCUT2D eigenvalue weighted by atomic mass is 16.5. The fourth-order valence-corrected chi connectivity index (χ4v) is 6.49. The minimum atomic E-state index is -3.14. The van der Waals surface area contributed by atoms with E-state index in [4.69, 9.17) is 15.6 Å². The number of likely N-dealkylation sites (N-methyl/N-ethyl adjacent to an activating group) is 1. The number of carbonyl (C=O) groups is 7. The highest BCUT2D eigenvalue weighted by molar-refractivity contribution is 6.32. The molecule has 13 nitrogen and oxygen atoms in total.